The Labute approximate surface area is 142 Å². The molecule has 0 radical (unpaired) electrons. The van der Waals surface area contributed by atoms with Crippen LogP contribution in [0.15, 0.2) is 34.1 Å². The summed E-state index contributed by atoms with van der Waals surface area (Å²) < 4.78 is 49.1. The van der Waals surface area contributed by atoms with Crippen molar-refractivity contribution in [1.82, 2.24) is 0 Å². The summed E-state index contributed by atoms with van der Waals surface area (Å²) in [6.45, 7) is 0. The molecule has 2 aromatic rings. The van der Waals surface area contributed by atoms with E-state index in [-0.39, 0.29) is 40.6 Å². The molecule has 0 spiro atoms. The number of rotatable bonds is 0. The molecule has 2 aromatic carbocycles. The SMILES string of the molecule is Nc1cc(F)c(F)cc1S.Nc1cc(F)c(F)cc1S.[Zn]. The van der Waals surface area contributed by atoms with Crippen LogP contribution in [0.4, 0.5) is 28.9 Å². The molecular weight excluding hydrogens is 378 g/mol. The van der Waals surface area contributed by atoms with Gasteiger partial charge in [-0.15, -0.1) is 25.3 Å². The van der Waals surface area contributed by atoms with Gasteiger partial charge in [0.2, 0.25) is 0 Å². The van der Waals surface area contributed by atoms with Gasteiger partial charge in [0.1, 0.15) is 0 Å². The number of hydrogen-bond acceptors (Lipinski definition) is 4. The quantitative estimate of drug-likeness (QED) is 0.241. The summed E-state index contributed by atoms with van der Waals surface area (Å²) in [6.07, 6.45) is 0. The van der Waals surface area contributed by atoms with Crippen LogP contribution in [0.3, 0.4) is 0 Å². The van der Waals surface area contributed by atoms with Crippen LogP contribution >= 0.6 is 25.3 Å². The first-order chi connectivity index (χ1) is 9.22. The van der Waals surface area contributed by atoms with Crippen molar-refractivity contribution in [2.24, 2.45) is 0 Å². The fourth-order valence-corrected chi connectivity index (χ4v) is 1.46. The van der Waals surface area contributed by atoms with Gasteiger partial charge in [-0.2, -0.15) is 0 Å². The Morgan fingerprint density at radius 1 is 0.619 bits per heavy atom. The maximum absolute atomic E-state index is 12.3. The third-order valence-corrected chi connectivity index (χ3v) is 2.91. The van der Waals surface area contributed by atoms with Gasteiger partial charge >= 0.3 is 0 Å². The van der Waals surface area contributed by atoms with Gasteiger partial charge in [0.25, 0.3) is 0 Å². The summed E-state index contributed by atoms with van der Waals surface area (Å²) in [7, 11) is 0. The maximum atomic E-state index is 12.3. The number of thiol groups is 2. The van der Waals surface area contributed by atoms with E-state index >= 15 is 0 Å². The molecule has 21 heavy (non-hydrogen) atoms. The molecule has 0 saturated carbocycles. The molecule has 2 rings (SSSR count). The molecule has 0 fully saturated rings. The van der Waals surface area contributed by atoms with Crippen molar-refractivity contribution in [3.05, 3.63) is 47.5 Å². The van der Waals surface area contributed by atoms with Crippen molar-refractivity contribution in [3.8, 4) is 0 Å². The normalized spacial score (nSPS) is 9.43. The fraction of sp³-hybridized carbons (Fsp3) is 0. The molecule has 0 atom stereocenters. The summed E-state index contributed by atoms with van der Waals surface area (Å²) >= 11 is 7.57. The number of anilines is 2. The summed E-state index contributed by atoms with van der Waals surface area (Å²) in [4.78, 5) is 0.498. The van der Waals surface area contributed by atoms with Gasteiger partial charge in [-0.05, 0) is 12.1 Å². The minimum Gasteiger partial charge on any atom is -0.398 e. The van der Waals surface area contributed by atoms with Gasteiger partial charge < -0.3 is 11.5 Å². The molecule has 4 N–H and O–H groups in total. The van der Waals surface area contributed by atoms with Gasteiger partial charge in [-0.25, -0.2) is 17.6 Å². The average molecular weight is 388 g/mol. The van der Waals surface area contributed by atoms with E-state index in [1.54, 1.807) is 0 Å². The van der Waals surface area contributed by atoms with E-state index in [0.29, 0.717) is 0 Å². The van der Waals surface area contributed by atoms with E-state index in [4.69, 9.17) is 11.5 Å². The standard InChI is InChI=1S/2C6H5F2NS.Zn/c2*7-3-1-5(9)6(10)2-4(3)8;/h2*1-2,10H,9H2;. The van der Waals surface area contributed by atoms with Crippen molar-refractivity contribution in [3.63, 3.8) is 0 Å². The van der Waals surface area contributed by atoms with E-state index in [1.165, 1.54) is 0 Å². The Hall–Kier alpha value is -0.917. The molecule has 2 nitrogen and oxygen atoms in total. The Balaban J connectivity index is 0.000000364. The molecule has 0 aliphatic rings. The molecule has 0 unspecified atom stereocenters. The Morgan fingerprint density at radius 3 is 1.10 bits per heavy atom. The summed E-state index contributed by atoms with van der Waals surface area (Å²) in [5, 5.41) is 0. The van der Waals surface area contributed by atoms with E-state index in [1.807, 2.05) is 0 Å². The van der Waals surface area contributed by atoms with E-state index in [0.717, 1.165) is 24.3 Å². The predicted octanol–water partition coefficient (Wildman–Crippen LogP) is 3.67. The van der Waals surface area contributed by atoms with Gasteiger partial charge in [0.05, 0.1) is 0 Å². The van der Waals surface area contributed by atoms with Crippen molar-refractivity contribution in [1.29, 1.82) is 0 Å². The Kier molecular flexibility index (Phi) is 8.14. The summed E-state index contributed by atoms with van der Waals surface area (Å²) in [6, 6.07) is 3.68. The number of benzene rings is 2. The second-order valence-electron chi connectivity index (χ2n) is 3.65. The topological polar surface area (TPSA) is 52.0 Å². The van der Waals surface area contributed by atoms with Gasteiger partial charge in [-0.3, -0.25) is 0 Å². The zero-order valence-electron chi connectivity index (χ0n) is 10.6. The second-order valence-corrected chi connectivity index (χ2v) is 4.61. The van der Waals surface area contributed by atoms with E-state index < -0.39 is 23.3 Å². The fourth-order valence-electron chi connectivity index (χ4n) is 1.10. The van der Waals surface area contributed by atoms with Crippen molar-refractivity contribution in [2.45, 2.75) is 9.79 Å². The molecule has 110 valence electrons. The van der Waals surface area contributed by atoms with Crippen LogP contribution in [0.5, 0.6) is 0 Å². The van der Waals surface area contributed by atoms with E-state index in [2.05, 4.69) is 25.3 Å². The molecule has 0 aliphatic heterocycles. The predicted molar refractivity (Wildman–Crippen MR) is 76.0 cm³/mol. The first-order valence-electron chi connectivity index (χ1n) is 5.09. The van der Waals surface area contributed by atoms with Crippen LogP contribution < -0.4 is 11.5 Å². The zero-order chi connectivity index (χ0) is 15.4. The monoisotopic (exact) mass is 386 g/mol. The summed E-state index contributed by atoms with van der Waals surface area (Å²) in [5.74, 6) is -3.76. The molecule has 0 aromatic heterocycles. The smallest absolute Gasteiger partial charge is 0.160 e. The average Bonchev–Trinajstić information content (AvgIpc) is 2.35. The minimum atomic E-state index is -0.949. The van der Waals surface area contributed by atoms with Gasteiger partial charge in [0.15, 0.2) is 23.3 Å². The zero-order valence-corrected chi connectivity index (χ0v) is 15.3. The second kappa shape index (κ2) is 8.51. The van der Waals surface area contributed by atoms with Crippen LogP contribution in [-0.2, 0) is 19.5 Å². The maximum Gasteiger partial charge on any atom is 0.160 e. The molecule has 0 bridgehead atoms. The molecule has 0 aliphatic carbocycles. The van der Waals surface area contributed by atoms with Crippen LogP contribution in [-0.4, -0.2) is 0 Å². The van der Waals surface area contributed by atoms with Crippen LogP contribution in [0, 0.1) is 23.3 Å². The number of hydrogen-bond donors (Lipinski definition) is 4. The Bertz CT molecular complexity index is 485. The molecule has 0 saturated heterocycles. The van der Waals surface area contributed by atoms with Crippen LogP contribution in [0.25, 0.3) is 0 Å². The molecule has 9 heteroatoms. The first kappa shape index (κ1) is 20.1. The first-order valence-corrected chi connectivity index (χ1v) is 5.98. The van der Waals surface area contributed by atoms with Crippen molar-refractivity contribution in [2.75, 3.05) is 11.5 Å². The Morgan fingerprint density at radius 2 is 0.857 bits per heavy atom. The third kappa shape index (κ3) is 5.76. The van der Waals surface area contributed by atoms with Gasteiger partial charge in [-0.1, -0.05) is 0 Å². The van der Waals surface area contributed by atoms with Crippen LogP contribution in [0.1, 0.15) is 0 Å². The number of nitrogens with two attached hydrogens (primary N) is 2. The van der Waals surface area contributed by atoms with Crippen molar-refractivity contribution < 1.29 is 37.0 Å². The molecular formula is C12H10F4N2S2Zn. The largest absolute Gasteiger partial charge is 0.398 e. The third-order valence-electron chi connectivity index (χ3n) is 2.14. The minimum absolute atomic E-state index is 0. The van der Waals surface area contributed by atoms with Crippen molar-refractivity contribution >= 4 is 36.6 Å². The molecule has 0 amide bonds. The molecule has 0 heterocycles. The van der Waals surface area contributed by atoms with E-state index in [9.17, 15) is 17.6 Å². The summed E-state index contributed by atoms with van der Waals surface area (Å²) in [5.41, 5.74) is 10.7. The van der Waals surface area contributed by atoms with Gasteiger partial charge in [0, 0.05) is 52.8 Å². The number of halogens is 4. The van der Waals surface area contributed by atoms with Crippen LogP contribution in [0.2, 0.25) is 0 Å². The number of nitrogen functional groups attached to an aromatic ring is 2.